The number of rotatable bonds is 6. The molecule has 5 nitrogen and oxygen atoms in total. The molecule has 0 amide bonds. The van der Waals surface area contributed by atoms with Gasteiger partial charge < -0.3 is 15.0 Å². The largest absolute Gasteiger partial charge is 0.445 e. The van der Waals surface area contributed by atoms with Crippen LogP contribution in [-0.4, -0.2) is 49.6 Å². The van der Waals surface area contributed by atoms with E-state index in [9.17, 15) is 13.2 Å². The molecule has 1 fully saturated rings. The Balaban J connectivity index is 1.94. The van der Waals surface area contributed by atoms with Gasteiger partial charge in [0.15, 0.2) is 0 Å². The van der Waals surface area contributed by atoms with E-state index in [2.05, 4.69) is 15.5 Å². The predicted molar refractivity (Wildman–Crippen MR) is 70.0 cm³/mol. The Morgan fingerprint density at radius 2 is 2.25 bits per heavy atom. The highest BCUT2D eigenvalue weighted by molar-refractivity contribution is 7.15. The van der Waals surface area contributed by atoms with Crippen molar-refractivity contribution >= 4 is 16.5 Å². The van der Waals surface area contributed by atoms with E-state index in [1.54, 1.807) is 7.11 Å². The van der Waals surface area contributed by atoms with Crippen LogP contribution in [-0.2, 0) is 10.9 Å². The first-order chi connectivity index (χ1) is 9.52. The van der Waals surface area contributed by atoms with E-state index in [4.69, 9.17) is 4.74 Å². The Morgan fingerprint density at radius 1 is 1.45 bits per heavy atom. The SMILES string of the molecule is COCCNCC1CCCN1c1nnc(C(F)(F)F)s1. The second kappa shape index (κ2) is 6.68. The molecule has 1 aliphatic rings. The quantitative estimate of drug-likeness (QED) is 0.812. The Bertz CT molecular complexity index is 426. The average Bonchev–Trinajstić information content (AvgIpc) is 3.02. The average molecular weight is 310 g/mol. The first-order valence-corrected chi connectivity index (χ1v) is 7.21. The Morgan fingerprint density at radius 3 is 2.90 bits per heavy atom. The highest BCUT2D eigenvalue weighted by Gasteiger charge is 2.37. The minimum absolute atomic E-state index is 0.167. The summed E-state index contributed by atoms with van der Waals surface area (Å²) in [6.07, 6.45) is -2.51. The Labute approximate surface area is 119 Å². The van der Waals surface area contributed by atoms with Gasteiger partial charge in [-0.15, -0.1) is 10.2 Å². The molecule has 0 aliphatic carbocycles. The monoisotopic (exact) mass is 310 g/mol. The van der Waals surface area contributed by atoms with Crippen LogP contribution in [0.3, 0.4) is 0 Å². The maximum Gasteiger partial charge on any atom is 0.445 e. The van der Waals surface area contributed by atoms with Crippen LogP contribution in [0.5, 0.6) is 0 Å². The second-order valence-electron chi connectivity index (χ2n) is 4.57. The number of alkyl halides is 3. The van der Waals surface area contributed by atoms with Crippen LogP contribution in [0.25, 0.3) is 0 Å². The summed E-state index contributed by atoms with van der Waals surface area (Å²) < 4.78 is 42.5. The Kier molecular flexibility index (Phi) is 5.17. The first kappa shape index (κ1) is 15.5. The molecular formula is C11H17F3N4OS. The fourth-order valence-electron chi connectivity index (χ4n) is 2.19. The predicted octanol–water partition coefficient (Wildman–Crippen LogP) is 1.76. The van der Waals surface area contributed by atoms with Crippen LogP contribution in [0.1, 0.15) is 17.8 Å². The minimum atomic E-state index is -4.41. The lowest BCUT2D eigenvalue weighted by Gasteiger charge is -2.23. The van der Waals surface area contributed by atoms with Gasteiger partial charge in [0.1, 0.15) is 0 Å². The van der Waals surface area contributed by atoms with Gasteiger partial charge in [0, 0.05) is 32.8 Å². The van der Waals surface area contributed by atoms with Crippen molar-refractivity contribution in [3.8, 4) is 0 Å². The van der Waals surface area contributed by atoms with Crippen molar-refractivity contribution in [1.29, 1.82) is 0 Å². The lowest BCUT2D eigenvalue weighted by molar-refractivity contribution is -0.138. The van der Waals surface area contributed by atoms with Crippen LogP contribution in [0.15, 0.2) is 0 Å². The Hall–Kier alpha value is -0.930. The van der Waals surface area contributed by atoms with Crippen LogP contribution in [0.4, 0.5) is 18.3 Å². The van der Waals surface area contributed by atoms with Crippen molar-refractivity contribution in [1.82, 2.24) is 15.5 Å². The summed E-state index contributed by atoms with van der Waals surface area (Å²) in [5.74, 6) is 0. The molecule has 9 heteroatoms. The molecule has 0 radical (unpaired) electrons. The third-order valence-electron chi connectivity index (χ3n) is 3.14. The topological polar surface area (TPSA) is 50.3 Å². The normalized spacial score (nSPS) is 19.8. The van der Waals surface area contributed by atoms with Crippen LogP contribution in [0.2, 0.25) is 0 Å². The first-order valence-electron chi connectivity index (χ1n) is 6.39. The van der Waals surface area contributed by atoms with Gasteiger partial charge in [0.05, 0.1) is 6.61 Å². The number of halogens is 3. The summed E-state index contributed by atoms with van der Waals surface area (Å²) in [7, 11) is 1.63. The van der Waals surface area contributed by atoms with Crippen LogP contribution >= 0.6 is 11.3 Å². The van der Waals surface area contributed by atoms with Gasteiger partial charge in [-0.3, -0.25) is 0 Å². The molecule has 1 unspecified atom stereocenters. The number of anilines is 1. The fourth-order valence-corrected chi connectivity index (χ4v) is 3.00. The third-order valence-corrected chi connectivity index (χ3v) is 4.15. The van der Waals surface area contributed by atoms with Crippen molar-refractivity contribution in [3.05, 3.63) is 5.01 Å². The summed E-state index contributed by atoms with van der Waals surface area (Å²) in [4.78, 5) is 1.91. The molecule has 0 aromatic carbocycles. The summed E-state index contributed by atoms with van der Waals surface area (Å²) in [5.41, 5.74) is 0. The van der Waals surface area contributed by atoms with Gasteiger partial charge in [-0.05, 0) is 12.8 Å². The van der Waals surface area contributed by atoms with E-state index in [-0.39, 0.29) is 6.04 Å². The third kappa shape index (κ3) is 3.80. The molecule has 2 heterocycles. The molecule has 114 valence electrons. The van der Waals surface area contributed by atoms with E-state index in [1.807, 2.05) is 4.90 Å². The molecule has 0 bridgehead atoms. The maximum absolute atomic E-state index is 12.5. The lowest BCUT2D eigenvalue weighted by Crippen LogP contribution is -2.38. The lowest BCUT2D eigenvalue weighted by atomic mass is 10.2. The van der Waals surface area contributed by atoms with E-state index < -0.39 is 11.2 Å². The van der Waals surface area contributed by atoms with E-state index in [0.29, 0.717) is 29.6 Å². The number of hydrogen-bond donors (Lipinski definition) is 1. The molecule has 2 rings (SSSR count). The smallest absolute Gasteiger partial charge is 0.383 e. The number of aromatic nitrogens is 2. The summed E-state index contributed by atoms with van der Waals surface area (Å²) in [6.45, 7) is 2.78. The zero-order valence-corrected chi connectivity index (χ0v) is 11.9. The standard InChI is InChI=1S/C11H17F3N4OS/c1-19-6-4-15-7-8-3-2-5-18(8)10-17-16-9(20-10)11(12,13)14/h8,15H,2-7H2,1H3. The highest BCUT2D eigenvalue weighted by atomic mass is 32.1. The van der Waals surface area contributed by atoms with Crippen molar-refractivity contribution in [2.75, 3.05) is 38.3 Å². The van der Waals surface area contributed by atoms with Gasteiger partial charge in [-0.25, -0.2) is 0 Å². The van der Waals surface area contributed by atoms with Gasteiger partial charge in [-0.2, -0.15) is 13.2 Å². The number of nitrogens with one attached hydrogen (secondary N) is 1. The van der Waals surface area contributed by atoms with Gasteiger partial charge in [0.25, 0.3) is 0 Å². The molecule has 0 spiro atoms. The van der Waals surface area contributed by atoms with E-state index in [0.717, 1.165) is 25.9 Å². The van der Waals surface area contributed by atoms with Gasteiger partial charge >= 0.3 is 6.18 Å². The zero-order valence-electron chi connectivity index (χ0n) is 11.1. The molecular weight excluding hydrogens is 293 g/mol. The van der Waals surface area contributed by atoms with Crippen molar-refractivity contribution in [2.24, 2.45) is 0 Å². The summed E-state index contributed by atoms with van der Waals surface area (Å²) in [6, 6.07) is 0.167. The molecule has 1 aromatic heterocycles. The number of ether oxygens (including phenoxy) is 1. The second-order valence-corrected chi connectivity index (χ2v) is 5.53. The molecule has 1 aromatic rings. The number of hydrogen-bond acceptors (Lipinski definition) is 6. The molecule has 1 N–H and O–H groups in total. The maximum atomic E-state index is 12.5. The zero-order chi connectivity index (χ0) is 14.6. The summed E-state index contributed by atoms with van der Waals surface area (Å²) in [5, 5.41) is 9.62. The van der Waals surface area contributed by atoms with Gasteiger partial charge in [-0.1, -0.05) is 11.3 Å². The van der Waals surface area contributed by atoms with Gasteiger partial charge in [0.2, 0.25) is 10.1 Å². The molecule has 0 saturated carbocycles. The molecule has 20 heavy (non-hydrogen) atoms. The van der Waals surface area contributed by atoms with Crippen molar-refractivity contribution in [3.63, 3.8) is 0 Å². The van der Waals surface area contributed by atoms with Crippen LogP contribution in [0, 0.1) is 0 Å². The number of nitrogens with zero attached hydrogens (tertiary/aromatic N) is 3. The summed E-state index contributed by atoms with van der Waals surface area (Å²) >= 11 is 0.611. The van der Waals surface area contributed by atoms with Crippen molar-refractivity contribution in [2.45, 2.75) is 25.1 Å². The fraction of sp³-hybridized carbons (Fsp3) is 0.818. The van der Waals surface area contributed by atoms with Crippen LogP contribution < -0.4 is 10.2 Å². The van der Waals surface area contributed by atoms with E-state index >= 15 is 0 Å². The molecule has 1 atom stereocenters. The van der Waals surface area contributed by atoms with Crippen molar-refractivity contribution < 1.29 is 17.9 Å². The highest BCUT2D eigenvalue weighted by Crippen LogP contribution is 2.36. The van der Waals surface area contributed by atoms with E-state index in [1.165, 1.54) is 0 Å². The minimum Gasteiger partial charge on any atom is -0.383 e. The molecule has 1 aliphatic heterocycles. The number of methoxy groups -OCH3 is 1. The molecule has 1 saturated heterocycles.